The summed E-state index contributed by atoms with van der Waals surface area (Å²) in [5.41, 5.74) is 6.90. The molecule has 1 N–H and O–H groups in total. The van der Waals surface area contributed by atoms with Crippen molar-refractivity contribution in [3.8, 4) is 0 Å². The summed E-state index contributed by atoms with van der Waals surface area (Å²) >= 11 is 0. The average Bonchev–Trinajstić information content (AvgIpc) is 3.53. The van der Waals surface area contributed by atoms with E-state index in [1.165, 1.54) is 16.8 Å². The number of benzene rings is 2. The maximum absolute atomic E-state index is 13.4. The predicted octanol–water partition coefficient (Wildman–Crippen LogP) is 3.75. The van der Waals surface area contributed by atoms with Gasteiger partial charge in [-0.05, 0) is 67.9 Å². The molecule has 1 aliphatic carbocycles. The van der Waals surface area contributed by atoms with Crippen molar-refractivity contribution in [3.63, 3.8) is 0 Å². The van der Waals surface area contributed by atoms with E-state index in [1.807, 2.05) is 17.0 Å². The minimum atomic E-state index is -0.0667. The molecule has 1 unspecified atom stereocenters. The van der Waals surface area contributed by atoms with Crippen molar-refractivity contribution in [2.75, 3.05) is 37.6 Å². The first-order chi connectivity index (χ1) is 15.0. The van der Waals surface area contributed by atoms with Crippen molar-refractivity contribution < 1.29 is 9.59 Å². The number of piperazine rings is 1. The molecule has 0 spiro atoms. The summed E-state index contributed by atoms with van der Waals surface area (Å²) in [6.07, 6.45) is 3.12. The largest absolute Gasteiger partial charge is 0.368 e. The Morgan fingerprint density at radius 2 is 1.74 bits per heavy atom. The second-order valence-corrected chi connectivity index (χ2v) is 9.32. The first kappa shape index (κ1) is 20.1. The molecule has 2 aromatic carbocycles. The van der Waals surface area contributed by atoms with Crippen LogP contribution in [0.2, 0.25) is 0 Å². The molecule has 0 radical (unpaired) electrons. The minimum absolute atomic E-state index is 0.0667. The monoisotopic (exact) mass is 417 g/mol. The van der Waals surface area contributed by atoms with Gasteiger partial charge in [-0.2, -0.15) is 0 Å². The fourth-order valence-corrected chi connectivity index (χ4v) is 5.12. The van der Waals surface area contributed by atoms with Gasteiger partial charge in [-0.3, -0.25) is 9.59 Å². The molecule has 3 aliphatic rings. The Kier molecular flexibility index (Phi) is 5.20. The third-order valence-corrected chi connectivity index (χ3v) is 7.03. The highest BCUT2D eigenvalue weighted by Crippen LogP contribution is 2.43. The van der Waals surface area contributed by atoms with E-state index in [1.54, 1.807) is 0 Å². The van der Waals surface area contributed by atoms with E-state index in [4.69, 9.17) is 0 Å². The number of carbonyl (C=O) groups is 2. The Labute approximate surface area is 184 Å². The number of anilines is 1. The molecule has 0 aromatic heterocycles. The van der Waals surface area contributed by atoms with Crippen LogP contribution >= 0.6 is 0 Å². The molecule has 162 valence electrons. The highest BCUT2D eigenvalue weighted by atomic mass is 16.2. The van der Waals surface area contributed by atoms with Crippen molar-refractivity contribution in [1.82, 2.24) is 10.2 Å². The molecular weight excluding hydrogens is 386 g/mol. The van der Waals surface area contributed by atoms with Gasteiger partial charge < -0.3 is 15.1 Å². The van der Waals surface area contributed by atoms with Crippen LogP contribution in [0.1, 0.15) is 63.7 Å². The second kappa shape index (κ2) is 8.03. The zero-order valence-electron chi connectivity index (χ0n) is 18.5. The molecule has 0 bridgehead atoms. The maximum Gasteiger partial charge on any atom is 0.254 e. The van der Waals surface area contributed by atoms with Crippen LogP contribution < -0.4 is 10.2 Å². The van der Waals surface area contributed by atoms with E-state index in [0.717, 1.165) is 68.7 Å². The molecule has 2 aromatic rings. The molecule has 2 saturated heterocycles. The van der Waals surface area contributed by atoms with Crippen LogP contribution in [0.5, 0.6) is 0 Å². The molecular formula is C26H31N3O2. The number of nitrogens with one attached hydrogen (secondary N) is 1. The van der Waals surface area contributed by atoms with Crippen molar-refractivity contribution in [1.29, 1.82) is 0 Å². The van der Waals surface area contributed by atoms with E-state index < -0.39 is 0 Å². The Balaban J connectivity index is 1.32. The summed E-state index contributed by atoms with van der Waals surface area (Å²) in [6.45, 7) is 8.21. The van der Waals surface area contributed by atoms with Crippen molar-refractivity contribution in [2.45, 2.75) is 44.9 Å². The number of carbonyl (C=O) groups excluding carboxylic acids is 2. The highest BCUT2D eigenvalue weighted by molar-refractivity contribution is 5.96. The van der Waals surface area contributed by atoms with Crippen LogP contribution in [-0.4, -0.2) is 49.4 Å². The normalized spacial score (nSPS) is 21.4. The van der Waals surface area contributed by atoms with Crippen LogP contribution in [0, 0.1) is 13.8 Å². The average molecular weight is 418 g/mol. The van der Waals surface area contributed by atoms with Gasteiger partial charge in [0.1, 0.15) is 0 Å². The van der Waals surface area contributed by atoms with E-state index in [-0.39, 0.29) is 17.7 Å². The van der Waals surface area contributed by atoms with E-state index in [9.17, 15) is 9.59 Å². The van der Waals surface area contributed by atoms with Gasteiger partial charge in [-0.15, -0.1) is 0 Å². The number of hydrogen-bond acceptors (Lipinski definition) is 3. The smallest absolute Gasteiger partial charge is 0.254 e. The second-order valence-electron chi connectivity index (χ2n) is 9.32. The molecule has 1 saturated carbocycles. The number of aryl methyl sites for hydroxylation is 2. The standard InChI is InChI=1S/C26H31N3O2/c1-17-3-8-24(18(2)15-17)28-11-13-29(14-12-28)26(31)22-7-6-20(16-23(22)19-4-5-19)21-9-10-27-25(21)30/h3,6-8,15-16,19,21H,4-5,9-14H2,1-2H3,(H,27,30). The van der Waals surface area contributed by atoms with Crippen molar-refractivity contribution in [3.05, 3.63) is 64.2 Å². The van der Waals surface area contributed by atoms with E-state index in [0.29, 0.717) is 5.92 Å². The summed E-state index contributed by atoms with van der Waals surface area (Å²) in [5, 5.41) is 2.93. The third kappa shape index (κ3) is 3.93. The number of nitrogens with zero attached hydrogens (tertiary/aromatic N) is 2. The van der Waals surface area contributed by atoms with Gasteiger partial charge in [0, 0.05) is 44.0 Å². The summed E-state index contributed by atoms with van der Waals surface area (Å²) in [5.74, 6) is 0.663. The lowest BCUT2D eigenvalue weighted by molar-refractivity contribution is -0.120. The zero-order chi connectivity index (χ0) is 21.5. The van der Waals surface area contributed by atoms with Gasteiger partial charge in [-0.1, -0.05) is 29.8 Å². The van der Waals surface area contributed by atoms with Gasteiger partial charge in [0.05, 0.1) is 5.92 Å². The van der Waals surface area contributed by atoms with Crippen molar-refractivity contribution >= 4 is 17.5 Å². The van der Waals surface area contributed by atoms with E-state index >= 15 is 0 Å². The molecule has 3 fully saturated rings. The van der Waals surface area contributed by atoms with Gasteiger partial charge in [0.2, 0.25) is 5.91 Å². The zero-order valence-corrected chi connectivity index (χ0v) is 18.5. The van der Waals surface area contributed by atoms with Crippen LogP contribution in [0.25, 0.3) is 0 Å². The fourth-order valence-electron chi connectivity index (χ4n) is 5.12. The predicted molar refractivity (Wildman–Crippen MR) is 123 cm³/mol. The molecule has 1 atom stereocenters. The lowest BCUT2D eigenvalue weighted by Gasteiger charge is -2.37. The van der Waals surface area contributed by atoms with Crippen LogP contribution in [0.15, 0.2) is 36.4 Å². The van der Waals surface area contributed by atoms with Crippen molar-refractivity contribution in [2.24, 2.45) is 0 Å². The Morgan fingerprint density at radius 3 is 2.39 bits per heavy atom. The quantitative estimate of drug-likeness (QED) is 0.824. The lowest BCUT2D eigenvalue weighted by atomic mass is 9.91. The minimum Gasteiger partial charge on any atom is -0.368 e. The van der Waals surface area contributed by atoms with Gasteiger partial charge in [-0.25, -0.2) is 0 Å². The molecule has 2 amide bonds. The summed E-state index contributed by atoms with van der Waals surface area (Å²) in [7, 11) is 0. The fraction of sp³-hybridized carbons (Fsp3) is 0.462. The summed E-state index contributed by atoms with van der Waals surface area (Å²) < 4.78 is 0. The molecule has 5 nitrogen and oxygen atoms in total. The summed E-state index contributed by atoms with van der Waals surface area (Å²) in [4.78, 5) is 30.0. The third-order valence-electron chi connectivity index (χ3n) is 7.03. The lowest BCUT2D eigenvalue weighted by Crippen LogP contribution is -2.49. The maximum atomic E-state index is 13.4. The highest BCUT2D eigenvalue weighted by Gasteiger charge is 2.33. The first-order valence-electron chi connectivity index (χ1n) is 11.5. The molecule has 2 heterocycles. The van der Waals surface area contributed by atoms with Gasteiger partial charge >= 0.3 is 0 Å². The molecule has 5 heteroatoms. The van der Waals surface area contributed by atoms with Crippen LogP contribution in [-0.2, 0) is 4.79 Å². The topological polar surface area (TPSA) is 52.6 Å². The molecule has 2 aliphatic heterocycles. The number of amides is 2. The first-order valence-corrected chi connectivity index (χ1v) is 11.5. The Bertz CT molecular complexity index is 1020. The molecule has 5 rings (SSSR count). The Morgan fingerprint density at radius 1 is 0.968 bits per heavy atom. The van der Waals surface area contributed by atoms with Gasteiger partial charge in [0.15, 0.2) is 0 Å². The van der Waals surface area contributed by atoms with E-state index in [2.05, 4.69) is 48.3 Å². The number of hydrogen-bond donors (Lipinski definition) is 1. The SMILES string of the molecule is Cc1ccc(N2CCN(C(=O)c3ccc(C4CCNC4=O)cc3C3CC3)CC2)c(C)c1. The van der Waals surface area contributed by atoms with Crippen LogP contribution in [0.4, 0.5) is 5.69 Å². The molecule has 31 heavy (non-hydrogen) atoms. The Hall–Kier alpha value is -2.82. The van der Waals surface area contributed by atoms with Crippen LogP contribution in [0.3, 0.4) is 0 Å². The number of rotatable bonds is 4. The summed E-state index contributed by atoms with van der Waals surface area (Å²) in [6, 6.07) is 12.7. The van der Waals surface area contributed by atoms with Gasteiger partial charge in [0.25, 0.3) is 5.91 Å².